The Bertz CT molecular complexity index is 1460. The predicted octanol–water partition coefficient (Wildman–Crippen LogP) is 6.09. The third-order valence-electron chi connectivity index (χ3n) is 5.57. The number of ether oxygens (including phenoxy) is 1. The number of nitrogen functional groups attached to an aromatic ring is 1. The molecule has 0 bridgehead atoms. The van der Waals surface area contributed by atoms with Crippen molar-refractivity contribution in [2.45, 2.75) is 38.2 Å². The van der Waals surface area contributed by atoms with Crippen LogP contribution in [0.3, 0.4) is 0 Å². The molecule has 0 amide bonds. The summed E-state index contributed by atoms with van der Waals surface area (Å²) in [4.78, 5) is 31.4. The van der Waals surface area contributed by atoms with Crippen molar-refractivity contribution >= 4 is 24.0 Å². The summed E-state index contributed by atoms with van der Waals surface area (Å²) in [5.74, 6) is -0.822. The van der Waals surface area contributed by atoms with Crippen molar-refractivity contribution in [3.63, 3.8) is 0 Å². The fourth-order valence-corrected chi connectivity index (χ4v) is 3.44. The number of aliphatic imine (C=N–C) groups is 1. The lowest BCUT2D eigenvalue weighted by atomic mass is 10.1. The Labute approximate surface area is 243 Å². The van der Waals surface area contributed by atoms with Crippen molar-refractivity contribution in [2.75, 3.05) is 25.9 Å². The number of nitrogens with one attached hydrogen (secondary N) is 1. The molecule has 0 saturated carbocycles. The van der Waals surface area contributed by atoms with Crippen LogP contribution in [-0.4, -0.2) is 59.5 Å². The molecular formula is C26H25F9N6O3. The molecule has 44 heavy (non-hydrogen) atoms. The number of hydrogen-bond acceptors (Lipinski definition) is 7. The van der Waals surface area contributed by atoms with Gasteiger partial charge in [-0.25, -0.2) is 14.5 Å². The van der Waals surface area contributed by atoms with E-state index in [4.69, 9.17) is 5.73 Å². The number of rotatable bonds is 11. The Morgan fingerprint density at radius 1 is 1.07 bits per heavy atom. The Morgan fingerprint density at radius 2 is 1.77 bits per heavy atom. The molecular weight excluding hydrogens is 615 g/mol. The van der Waals surface area contributed by atoms with Crippen molar-refractivity contribution in [1.29, 1.82) is 0 Å². The van der Waals surface area contributed by atoms with Gasteiger partial charge in [0.05, 0.1) is 41.8 Å². The molecule has 0 fully saturated rings. The second-order valence-electron chi connectivity index (χ2n) is 8.88. The van der Waals surface area contributed by atoms with Gasteiger partial charge in [0.15, 0.2) is 6.29 Å². The molecule has 0 spiro atoms. The second-order valence-corrected chi connectivity index (χ2v) is 8.88. The third-order valence-corrected chi connectivity index (χ3v) is 5.57. The van der Waals surface area contributed by atoms with Gasteiger partial charge in [-0.1, -0.05) is 0 Å². The highest BCUT2D eigenvalue weighted by Gasteiger charge is 2.36. The number of unbranched alkanes of at least 4 members (excludes halogenated alkanes) is 2. The maximum Gasteiger partial charge on any atom is 0.423 e. The first kappa shape index (κ1) is 35.7. The van der Waals surface area contributed by atoms with Crippen molar-refractivity contribution in [3.05, 3.63) is 69.5 Å². The molecule has 3 rings (SSSR count). The molecule has 0 unspecified atom stereocenters. The largest absolute Gasteiger partial charge is 0.423 e. The lowest BCUT2D eigenvalue weighted by Gasteiger charge is -2.13. The van der Waals surface area contributed by atoms with Crippen LogP contribution in [0, 0.1) is 5.82 Å². The van der Waals surface area contributed by atoms with Gasteiger partial charge in [-0.15, -0.1) is 0 Å². The molecule has 3 N–H and O–H groups in total. The van der Waals surface area contributed by atoms with E-state index in [-0.39, 0.29) is 29.1 Å². The number of aromatic amines is 1. The molecule has 2 heterocycles. The minimum absolute atomic E-state index is 0.0332. The standard InChI is InChI=1S/C21H21F6N3O2.C5H4F3N3O/c1-30(7-3-2-4-8-32-20(23)24)13-29-19-10-16(17(22)9-14(19)12-31)18-6-5-15(11-28-18)21(25,26)27;6-5(7,8)3-2(9)1-10-11-4(3)12/h5-6,9-13,20H,2-4,7-8H2,1H3;1H,(H3,9,11,12). The number of carbonyl (C=O) groups is 1. The van der Waals surface area contributed by atoms with Crippen molar-refractivity contribution in [2.24, 2.45) is 4.99 Å². The van der Waals surface area contributed by atoms with Crippen LogP contribution in [0.25, 0.3) is 11.3 Å². The zero-order valence-corrected chi connectivity index (χ0v) is 22.7. The molecule has 0 radical (unpaired) electrons. The van der Waals surface area contributed by atoms with E-state index < -0.39 is 47.2 Å². The Hall–Kier alpha value is -4.48. The summed E-state index contributed by atoms with van der Waals surface area (Å²) in [6.07, 6.45) is -4.31. The summed E-state index contributed by atoms with van der Waals surface area (Å²) >= 11 is 0. The number of aldehydes is 1. The SMILES string of the molecule is CN(C=Nc1cc(-c2ccc(C(F)(F)F)cn2)c(F)cc1C=O)CCCCCOC(F)F.Nc1cn[nH]c(=O)c1C(F)(F)F. The number of anilines is 1. The normalized spacial score (nSPS) is 11.9. The maximum absolute atomic E-state index is 14.4. The molecule has 3 aromatic rings. The number of aromatic nitrogens is 3. The summed E-state index contributed by atoms with van der Waals surface area (Å²) in [5, 5.41) is 4.74. The van der Waals surface area contributed by atoms with Crippen molar-refractivity contribution < 1.29 is 49.0 Å². The number of halogens is 9. The summed E-state index contributed by atoms with van der Waals surface area (Å²) < 4.78 is 116. The van der Waals surface area contributed by atoms with Gasteiger partial charge in [0, 0.05) is 30.9 Å². The van der Waals surface area contributed by atoms with E-state index in [0.717, 1.165) is 24.4 Å². The summed E-state index contributed by atoms with van der Waals surface area (Å²) in [6.45, 7) is -2.27. The summed E-state index contributed by atoms with van der Waals surface area (Å²) in [7, 11) is 1.71. The minimum Gasteiger partial charge on any atom is -0.397 e. The monoisotopic (exact) mass is 640 g/mol. The Balaban J connectivity index is 0.000000469. The average Bonchev–Trinajstić information content (AvgIpc) is 2.93. The predicted molar refractivity (Wildman–Crippen MR) is 141 cm³/mol. The first-order chi connectivity index (χ1) is 20.5. The molecule has 0 aliphatic rings. The molecule has 0 atom stereocenters. The van der Waals surface area contributed by atoms with Gasteiger partial charge in [0.25, 0.3) is 5.56 Å². The summed E-state index contributed by atoms with van der Waals surface area (Å²) in [6, 6.07) is 4.01. The highest BCUT2D eigenvalue weighted by molar-refractivity contribution is 5.86. The van der Waals surface area contributed by atoms with Crippen molar-refractivity contribution in [1.82, 2.24) is 20.1 Å². The van der Waals surface area contributed by atoms with Gasteiger partial charge in [-0.3, -0.25) is 14.6 Å². The van der Waals surface area contributed by atoms with E-state index in [1.165, 1.54) is 12.4 Å². The van der Waals surface area contributed by atoms with E-state index in [1.807, 2.05) is 0 Å². The number of hydrogen-bond donors (Lipinski definition) is 2. The lowest BCUT2D eigenvalue weighted by molar-refractivity contribution is -0.138. The zero-order chi connectivity index (χ0) is 33.1. The number of pyridine rings is 1. The van der Waals surface area contributed by atoms with Crippen LogP contribution < -0.4 is 11.3 Å². The van der Waals surface area contributed by atoms with Crippen molar-refractivity contribution in [3.8, 4) is 11.3 Å². The minimum atomic E-state index is -4.74. The zero-order valence-electron chi connectivity index (χ0n) is 22.7. The quantitative estimate of drug-likeness (QED) is 0.0854. The number of nitrogens with two attached hydrogens (primary N) is 1. The molecule has 0 aliphatic carbocycles. The van der Waals surface area contributed by atoms with Crippen LogP contribution in [0.4, 0.5) is 50.9 Å². The molecule has 0 saturated heterocycles. The fourth-order valence-electron chi connectivity index (χ4n) is 3.44. The fraction of sp³-hybridized carbons (Fsp3) is 0.346. The summed E-state index contributed by atoms with van der Waals surface area (Å²) in [5.41, 5.74) is 0.477. The van der Waals surface area contributed by atoms with Gasteiger partial charge in [-0.05, 0) is 43.5 Å². The number of alkyl halides is 8. The highest BCUT2D eigenvalue weighted by atomic mass is 19.4. The van der Waals surface area contributed by atoms with Crippen LogP contribution in [0.15, 0.2) is 46.4 Å². The van der Waals surface area contributed by atoms with Crippen LogP contribution in [0.1, 0.15) is 40.7 Å². The van der Waals surface area contributed by atoms with Gasteiger partial charge in [0.2, 0.25) is 0 Å². The van der Waals surface area contributed by atoms with Gasteiger partial charge in [-0.2, -0.15) is 40.2 Å². The van der Waals surface area contributed by atoms with E-state index in [2.05, 4.69) is 19.8 Å². The van der Waals surface area contributed by atoms with E-state index in [1.54, 1.807) is 17.0 Å². The Morgan fingerprint density at radius 3 is 2.30 bits per heavy atom. The first-order valence-corrected chi connectivity index (χ1v) is 12.4. The smallest absolute Gasteiger partial charge is 0.397 e. The van der Waals surface area contributed by atoms with Crippen LogP contribution in [0.2, 0.25) is 0 Å². The van der Waals surface area contributed by atoms with Crippen LogP contribution in [0.5, 0.6) is 0 Å². The van der Waals surface area contributed by atoms with E-state index in [0.29, 0.717) is 38.3 Å². The maximum atomic E-state index is 14.4. The molecule has 2 aromatic heterocycles. The van der Waals surface area contributed by atoms with Crippen LogP contribution >= 0.6 is 0 Å². The topological polar surface area (TPSA) is 127 Å². The molecule has 1 aromatic carbocycles. The first-order valence-electron chi connectivity index (χ1n) is 12.4. The van der Waals surface area contributed by atoms with Gasteiger partial charge >= 0.3 is 19.0 Å². The highest BCUT2D eigenvalue weighted by Crippen LogP contribution is 2.32. The molecule has 0 aliphatic heterocycles. The Kier molecular flexibility index (Phi) is 12.9. The average molecular weight is 641 g/mol. The molecule has 18 heteroatoms. The number of carbonyl (C=O) groups excluding carboxylic acids is 1. The lowest BCUT2D eigenvalue weighted by Crippen LogP contribution is -2.24. The van der Waals surface area contributed by atoms with Crippen LogP contribution in [-0.2, 0) is 17.1 Å². The number of nitrogens with zero attached hydrogens (tertiary/aromatic N) is 4. The molecule has 9 nitrogen and oxygen atoms in total. The second kappa shape index (κ2) is 15.8. The molecule has 240 valence electrons. The van der Waals surface area contributed by atoms with Gasteiger partial charge in [0.1, 0.15) is 11.4 Å². The number of benzene rings is 1. The van der Waals surface area contributed by atoms with E-state index >= 15 is 0 Å². The van der Waals surface area contributed by atoms with E-state index in [9.17, 15) is 49.1 Å². The number of H-pyrrole nitrogens is 1. The third kappa shape index (κ3) is 11.0. The van der Waals surface area contributed by atoms with Gasteiger partial charge < -0.3 is 15.4 Å².